The molecule has 2 aromatic rings. The molecule has 6 heteroatoms. The van der Waals surface area contributed by atoms with E-state index in [1.54, 1.807) is 4.90 Å². The van der Waals surface area contributed by atoms with E-state index in [0.717, 1.165) is 21.9 Å². The summed E-state index contributed by atoms with van der Waals surface area (Å²) in [5.74, 6) is -0.155. The number of carbonyl (C=O) groups is 2. The van der Waals surface area contributed by atoms with Gasteiger partial charge in [-0.05, 0) is 31.2 Å². The third kappa shape index (κ3) is 2.34. The number of hydrogen-bond donors (Lipinski definition) is 1. The molecule has 2 heterocycles. The number of primary amides is 1. The number of aryl methyl sites for hydroxylation is 1. The van der Waals surface area contributed by atoms with E-state index in [-0.39, 0.29) is 11.9 Å². The lowest BCUT2D eigenvalue weighted by Gasteiger charge is -2.24. The molecule has 1 saturated heterocycles. The Balaban J connectivity index is 1.73. The molecule has 2 amide bonds. The number of piperidine rings is 1. The van der Waals surface area contributed by atoms with Crippen molar-refractivity contribution < 1.29 is 9.59 Å². The molecule has 2 N–H and O–H groups in total. The molecule has 5 nitrogen and oxygen atoms in total. The fourth-order valence-electron chi connectivity index (χ4n) is 3.48. The van der Waals surface area contributed by atoms with Crippen LogP contribution >= 0.6 is 11.3 Å². The molecule has 0 bridgehead atoms. The van der Waals surface area contributed by atoms with E-state index in [9.17, 15) is 9.59 Å². The van der Waals surface area contributed by atoms with Crippen molar-refractivity contribution in [3.05, 3.63) is 41.0 Å². The Morgan fingerprint density at radius 2 is 2.00 bits per heavy atom. The molecular formula is C17H17N3O2S. The quantitative estimate of drug-likeness (QED) is 0.939. The van der Waals surface area contributed by atoms with Gasteiger partial charge in [0.2, 0.25) is 5.91 Å². The molecule has 4 rings (SSSR count). The zero-order chi connectivity index (χ0) is 16.1. The van der Waals surface area contributed by atoms with Crippen molar-refractivity contribution in [1.82, 2.24) is 9.88 Å². The highest BCUT2D eigenvalue weighted by atomic mass is 32.1. The summed E-state index contributed by atoms with van der Waals surface area (Å²) < 4.78 is 0. The largest absolute Gasteiger partial charge is 0.368 e. The van der Waals surface area contributed by atoms with Crippen molar-refractivity contribution in [1.29, 1.82) is 0 Å². The van der Waals surface area contributed by atoms with Crippen LogP contribution in [0.5, 0.6) is 0 Å². The monoisotopic (exact) mass is 327 g/mol. The van der Waals surface area contributed by atoms with Crippen molar-refractivity contribution >= 4 is 23.2 Å². The zero-order valence-electron chi connectivity index (χ0n) is 12.7. The number of thiazole rings is 1. The second kappa shape index (κ2) is 5.16. The van der Waals surface area contributed by atoms with Crippen molar-refractivity contribution in [3.8, 4) is 10.4 Å². The van der Waals surface area contributed by atoms with E-state index < -0.39 is 11.9 Å². The first-order chi connectivity index (χ1) is 11.1. The van der Waals surface area contributed by atoms with Crippen LogP contribution in [0.4, 0.5) is 0 Å². The summed E-state index contributed by atoms with van der Waals surface area (Å²) in [4.78, 5) is 31.7. The van der Waals surface area contributed by atoms with Gasteiger partial charge in [-0.3, -0.25) is 9.59 Å². The van der Waals surface area contributed by atoms with Gasteiger partial charge >= 0.3 is 0 Å². The molecule has 1 aromatic carbocycles. The maximum absolute atomic E-state index is 13.1. The Bertz CT molecular complexity index is 786. The molecule has 2 fully saturated rings. The van der Waals surface area contributed by atoms with E-state index in [0.29, 0.717) is 18.0 Å². The first-order valence-electron chi connectivity index (χ1n) is 7.71. The average Bonchev–Trinajstić information content (AvgIpc) is 3.03. The minimum atomic E-state index is -0.489. The highest BCUT2D eigenvalue weighted by Crippen LogP contribution is 2.48. The zero-order valence-corrected chi connectivity index (χ0v) is 13.5. The molecule has 23 heavy (non-hydrogen) atoms. The topological polar surface area (TPSA) is 76.3 Å². The van der Waals surface area contributed by atoms with Crippen molar-refractivity contribution in [2.45, 2.75) is 31.8 Å². The number of benzene rings is 1. The van der Waals surface area contributed by atoms with Gasteiger partial charge in [-0.25, -0.2) is 4.98 Å². The number of carbonyl (C=O) groups excluding carboxylic acids is 2. The van der Waals surface area contributed by atoms with Gasteiger partial charge in [-0.2, -0.15) is 0 Å². The highest BCUT2D eigenvalue weighted by molar-refractivity contribution is 7.15. The third-order valence-electron chi connectivity index (χ3n) is 4.64. The first-order valence-corrected chi connectivity index (χ1v) is 8.52. The van der Waals surface area contributed by atoms with Crippen LogP contribution in [0.1, 0.15) is 28.3 Å². The maximum Gasteiger partial charge on any atom is 0.274 e. The van der Waals surface area contributed by atoms with Gasteiger partial charge in [0, 0.05) is 6.04 Å². The number of nitrogens with two attached hydrogens (primary N) is 1. The van der Waals surface area contributed by atoms with Crippen molar-refractivity contribution in [2.24, 2.45) is 11.7 Å². The van der Waals surface area contributed by atoms with Crippen LogP contribution in [0.3, 0.4) is 0 Å². The third-order valence-corrected chi connectivity index (χ3v) is 5.66. The van der Waals surface area contributed by atoms with E-state index in [1.165, 1.54) is 11.3 Å². The molecule has 118 valence electrons. The van der Waals surface area contributed by atoms with Crippen LogP contribution in [0.25, 0.3) is 10.4 Å². The van der Waals surface area contributed by atoms with Gasteiger partial charge < -0.3 is 10.6 Å². The van der Waals surface area contributed by atoms with Gasteiger partial charge in [-0.15, -0.1) is 11.3 Å². The molecular weight excluding hydrogens is 310 g/mol. The van der Waals surface area contributed by atoms with E-state index in [1.807, 2.05) is 37.3 Å². The number of rotatable bonds is 3. The molecule has 1 aliphatic carbocycles. The van der Waals surface area contributed by atoms with Crippen molar-refractivity contribution in [2.75, 3.05) is 0 Å². The van der Waals surface area contributed by atoms with Crippen LogP contribution in [0.2, 0.25) is 0 Å². The van der Waals surface area contributed by atoms with Crippen LogP contribution in [-0.2, 0) is 4.79 Å². The number of aromatic nitrogens is 1. The van der Waals surface area contributed by atoms with Gasteiger partial charge in [0.25, 0.3) is 5.91 Å². The molecule has 1 aliphatic heterocycles. The Morgan fingerprint density at radius 1 is 1.26 bits per heavy atom. The van der Waals surface area contributed by atoms with Crippen LogP contribution in [-0.4, -0.2) is 33.8 Å². The van der Waals surface area contributed by atoms with E-state index >= 15 is 0 Å². The number of fused-ring (bicyclic) bond motifs is 1. The Morgan fingerprint density at radius 3 is 2.70 bits per heavy atom. The molecule has 1 aromatic heterocycles. The highest BCUT2D eigenvalue weighted by Gasteiger charge is 2.56. The van der Waals surface area contributed by atoms with Crippen LogP contribution in [0, 0.1) is 12.8 Å². The minimum Gasteiger partial charge on any atom is -0.368 e. The van der Waals surface area contributed by atoms with Crippen LogP contribution in [0.15, 0.2) is 30.3 Å². The predicted molar refractivity (Wildman–Crippen MR) is 88.0 cm³/mol. The van der Waals surface area contributed by atoms with Gasteiger partial charge in [0.1, 0.15) is 11.7 Å². The number of nitrogens with zero attached hydrogens (tertiary/aromatic N) is 2. The molecule has 3 atom stereocenters. The standard InChI is InChI=1S/C17H17N3O2S/c1-9-19-14(15(23-9)10-5-3-2-4-6-10)17(22)20-12-7-11(12)8-13(20)16(18)21/h2-6,11-13H,7-8H2,1H3,(H2,18,21)/t11-,12+,13+/m1/s1. The summed E-state index contributed by atoms with van der Waals surface area (Å²) in [6.45, 7) is 1.89. The molecule has 2 aliphatic rings. The lowest BCUT2D eigenvalue weighted by molar-refractivity contribution is -0.122. The Kier molecular flexibility index (Phi) is 3.23. The fraction of sp³-hybridized carbons (Fsp3) is 0.353. The smallest absolute Gasteiger partial charge is 0.274 e. The van der Waals surface area contributed by atoms with E-state index in [2.05, 4.69) is 4.98 Å². The minimum absolute atomic E-state index is 0.158. The lowest BCUT2D eigenvalue weighted by atomic mass is 10.1. The fourth-order valence-corrected chi connectivity index (χ4v) is 4.40. The molecule has 0 unspecified atom stereocenters. The predicted octanol–water partition coefficient (Wildman–Crippen LogP) is 2.21. The number of hydrogen-bond acceptors (Lipinski definition) is 4. The van der Waals surface area contributed by atoms with Gasteiger partial charge in [-0.1, -0.05) is 30.3 Å². The maximum atomic E-state index is 13.1. The van der Waals surface area contributed by atoms with Gasteiger partial charge in [0.05, 0.1) is 9.88 Å². The normalized spacial score (nSPS) is 25.3. The average molecular weight is 327 g/mol. The second-order valence-electron chi connectivity index (χ2n) is 6.21. The van der Waals surface area contributed by atoms with E-state index in [4.69, 9.17) is 5.73 Å². The molecule has 0 radical (unpaired) electrons. The molecule has 1 saturated carbocycles. The second-order valence-corrected chi connectivity index (χ2v) is 7.41. The number of amides is 2. The first kappa shape index (κ1) is 14.4. The van der Waals surface area contributed by atoms with Crippen molar-refractivity contribution in [3.63, 3.8) is 0 Å². The summed E-state index contributed by atoms with van der Waals surface area (Å²) in [5.41, 5.74) is 6.91. The summed E-state index contributed by atoms with van der Waals surface area (Å²) in [7, 11) is 0. The van der Waals surface area contributed by atoms with Gasteiger partial charge in [0.15, 0.2) is 0 Å². The SMILES string of the molecule is Cc1nc(C(=O)N2[C@H](C(N)=O)C[C@H]3C[C@@H]32)c(-c2ccccc2)s1. The Labute approximate surface area is 138 Å². The molecule has 0 spiro atoms. The van der Waals surface area contributed by atoms with Crippen LogP contribution < -0.4 is 5.73 Å². The summed E-state index contributed by atoms with van der Waals surface area (Å²) in [5, 5.41) is 0.842. The Hall–Kier alpha value is -2.21. The summed E-state index contributed by atoms with van der Waals surface area (Å²) >= 11 is 1.50. The number of likely N-dealkylation sites (tertiary alicyclic amines) is 1. The lowest BCUT2D eigenvalue weighted by Crippen LogP contribution is -2.46. The summed E-state index contributed by atoms with van der Waals surface area (Å²) in [6.07, 6.45) is 1.66. The summed E-state index contributed by atoms with van der Waals surface area (Å²) in [6, 6.07) is 9.44.